The lowest BCUT2D eigenvalue weighted by atomic mass is 10.1. The van der Waals surface area contributed by atoms with Crippen LogP contribution in [-0.4, -0.2) is 43.0 Å². The lowest BCUT2D eigenvalue weighted by molar-refractivity contribution is -0.116. The number of nitrogens with one attached hydrogen (secondary N) is 2. The van der Waals surface area contributed by atoms with Gasteiger partial charge in [-0.3, -0.25) is 14.4 Å². The van der Waals surface area contributed by atoms with Crippen LogP contribution < -0.4 is 10.6 Å². The molecule has 1 heterocycles. The molecule has 0 bridgehead atoms. The molecule has 10 heteroatoms. The predicted octanol–water partition coefficient (Wildman–Crippen LogP) is 2.51. The van der Waals surface area contributed by atoms with Crippen LogP contribution in [0.15, 0.2) is 51.8 Å². The zero-order chi connectivity index (χ0) is 21.5. The smallest absolute Gasteiger partial charge is 0.269 e. The van der Waals surface area contributed by atoms with Crippen LogP contribution in [0.25, 0.3) is 0 Å². The van der Waals surface area contributed by atoms with Crippen molar-refractivity contribution in [3.63, 3.8) is 0 Å². The summed E-state index contributed by atoms with van der Waals surface area (Å²) >= 11 is 3.31. The summed E-state index contributed by atoms with van der Waals surface area (Å²) < 4.78 is 27.1. The Labute approximate surface area is 181 Å². The van der Waals surface area contributed by atoms with Crippen LogP contribution in [0.3, 0.4) is 0 Å². The van der Waals surface area contributed by atoms with Crippen molar-refractivity contribution < 1.29 is 22.8 Å². The monoisotopic (exact) mass is 491 g/mol. The van der Waals surface area contributed by atoms with Crippen LogP contribution in [0.4, 0.5) is 5.69 Å². The van der Waals surface area contributed by atoms with Gasteiger partial charge in [-0.25, -0.2) is 12.7 Å². The quantitative estimate of drug-likeness (QED) is 0.644. The highest BCUT2D eigenvalue weighted by Gasteiger charge is 2.48. The first-order valence-corrected chi connectivity index (χ1v) is 11.6. The van der Waals surface area contributed by atoms with E-state index < -0.39 is 21.8 Å². The number of benzene rings is 2. The van der Waals surface area contributed by atoms with E-state index in [4.69, 9.17) is 0 Å². The Bertz CT molecular complexity index is 1140. The number of carbonyl (C=O) groups excluding carboxylic acids is 3. The Morgan fingerprint density at radius 2 is 1.80 bits per heavy atom. The van der Waals surface area contributed by atoms with E-state index in [1.165, 1.54) is 18.2 Å². The van der Waals surface area contributed by atoms with Crippen LogP contribution in [0.5, 0.6) is 0 Å². The van der Waals surface area contributed by atoms with E-state index in [0.29, 0.717) is 18.5 Å². The number of rotatable bonds is 6. The Kier molecular flexibility index (Phi) is 5.37. The van der Waals surface area contributed by atoms with Crippen LogP contribution in [0.1, 0.15) is 40.0 Å². The molecule has 2 aromatic rings. The summed E-state index contributed by atoms with van der Waals surface area (Å²) in [6.45, 7) is 0.0815. The fourth-order valence-electron chi connectivity index (χ4n) is 3.21. The normalized spacial score (nSPS) is 16.8. The molecule has 2 aliphatic rings. The largest absolute Gasteiger partial charge is 0.352 e. The van der Waals surface area contributed by atoms with Crippen molar-refractivity contribution >= 4 is 49.4 Å². The molecule has 2 aromatic carbocycles. The van der Waals surface area contributed by atoms with Crippen LogP contribution in [0.2, 0.25) is 0 Å². The molecule has 8 nitrogen and oxygen atoms in total. The number of sulfonamides is 1. The van der Waals surface area contributed by atoms with Crippen molar-refractivity contribution in [2.24, 2.45) is 0 Å². The number of carbonyl (C=O) groups is 3. The maximum Gasteiger partial charge on any atom is 0.269 e. The van der Waals surface area contributed by atoms with Gasteiger partial charge in [-0.1, -0.05) is 15.9 Å². The Morgan fingerprint density at radius 3 is 2.47 bits per heavy atom. The second-order valence-electron chi connectivity index (χ2n) is 7.11. The minimum atomic E-state index is -3.92. The van der Waals surface area contributed by atoms with E-state index in [9.17, 15) is 22.8 Å². The summed E-state index contributed by atoms with van der Waals surface area (Å²) in [5.74, 6) is -1.31. The molecule has 1 saturated carbocycles. The third-order valence-corrected chi connectivity index (χ3v) is 7.26. The number of hydrogen-bond donors (Lipinski definition) is 2. The fraction of sp³-hybridized carbons (Fsp3) is 0.250. The van der Waals surface area contributed by atoms with Gasteiger partial charge < -0.3 is 10.6 Å². The first-order valence-electron chi connectivity index (χ1n) is 9.34. The Balaban J connectivity index is 1.37. The van der Waals surface area contributed by atoms with Gasteiger partial charge in [-0.05, 0) is 55.3 Å². The zero-order valence-corrected chi connectivity index (χ0v) is 18.1. The van der Waals surface area contributed by atoms with Gasteiger partial charge in [0.2, 0.25) is 5.91 Å². The van der Waals surface area contributed by atoms with Crippen LogP contribution >= 0.6 is 15.9 Å². The third kappa shape index (κ3) is 3.97. The molecule has 0 unspecified atom stereocenters. The van der Waals surface area contributed by atoms with Crippen molar-refractivity contribution in [2.75, 3.05) is 11.9 Å². The Morgan fingerprint density at radius 1 is 1.10 bits per heavy atom. The predicted molar refractivity (Wildman–Crippen MR) is 113 cm³/mol. The van der Waals surface area contributed by atoms with Gasteiger partial charge in [0.05, 0.1) is 5.56 Å². The van der Waals surface area contributed by atoms with E-state index in [1.54, 1.807) is 24.3 Å². The standard InChI is InChI=1S/C20H18BrN3O5S/c21-13-2-4-14(5-3-13)23-18(25)9-10-22-19(26)12-1-8-16-17(11-12)30(28,29)24(20(16)27)15-6-7-15/h1-5,8,11,15H,6-7,9-10H2,(H,22,26)(H,23,25). The second kappa shape index (κ2) is 7.84. The zero-order valence-electron chi connectivity index (χ0n) is 15.7. The number of anilines is 1. The lowest BCUT2D eigenvalue weighted by Gasteiger charge is -2.13. The molecule has 3 amide bonds. The topological polar surface area (TPSA) is 113 Å². The van der Waals surface area contributed by atoms with Gasteiger partial charge in [0, 0.05) is 34.7 Å². The van der Waals surface area contributed by atoms with E-state index in [0.717, 1.165) is 8.78 Å². The van der Waals surface area contributed by atoms with Crippen molar-refractivity contribution in [3.05, 3.63) is 58.1 Å². The fourth-order valence-corrected chi connectivity index (χ4v) is 5.31. The highest BCUT2D eigenvalue weighted by Crippen LogP contribution is 2.39. The van der Waals surface area contributed by atoms with E-state index in [1.807, 2.05) is 0 Å². The summed E-state index contributed by atoms with van der Waals surface area (Å²) in [6, 6.07) is 10.8. The average molecular weight is 492 g/mol. The molecule has 1 fully saturated rings. The summed E-state index contributed by atoms with van der Waals surface area (Å²) in [5.41, 5.74) is 0.853. The average Bonchev–Trinajstić information content (AvgIpc) is 3.51. The number of halogens is 1. The Hall–Kier alpha value is -2.72. The molecule has 0 atom stereocenters. The summed E-state index contributed by atoms with van der Waals surface area (Å²) in [7, 11) is -3.92. The summed E-state index contributed by atoms with van der Waals surface area (Å²) in [5, 5.41) is 5.32. The first kappa shape index (κ1) is 20.5. The third-order valence-electron chi connectivity index (χ3n) is 4.86. The number of amides is 3. The highest BCUT2D eigenvalue weighted by atomic mass is 79.9. The van der Waals surface area contributed by atoms with Crippen LogP contribution in [0, 0.1) is 0 Å². The summed E-state index contributed by atoms with van der Waals surface area (Å²) in [6.07, 6.45) is 1.38. The molecule has 0 saturated heterocycles. The molecular weight excluding hydrogens is 474 g/mol. The van der Waals surface area contributed by atoms with Gasteiger partial charge in [-0.15, -0.1) is 0 Å². The maximum atomic E-state index is 12.7. The summed E-state index contributed by atoms with van der Waals surface area (Å²) in [4.78, 5) is 36.7. The molecule has 1 aliphatic heterocycles. The van der Waals surface area contributed by atoms with Crippen molar-refractivity contribution in [1.82, 2.24) is 9.62 Å². The van der Waals surface area contributed by atoms with Gasteiger partial charge in [0.25, 0.3) is 21.8 Å². The molecular formula is C20H18BrN3O5S. The van der Waals surface area contributed by atoms with E-state index in [-0.39, 0.29) is 40.9 Å². The molecule has 1 aliphatic carbocycles. The van der Waals surface area contributed by atoms with Gasteiger partial charge in [-0.2, -0.15) is 0 Å². The van der Waals surface area contributed by atoms with Crippen molar-refractivity contribution in [2.45, 2.75) is 30.2 Å². The number of hydrogen-bond acceptors (Lipinski definition) is 5. The van der Waals surface area contributed by atoms with Gasteiger partial charge in [0.1, 0.15) is 4.90 Å². The molecule has 4 rings (SSSR count). The van der Waals surface area contributed by atoms with Gasteiger partial charge >= 0.3 is 0 Å². The SMILES string of the molecule is O=C(CCNC(=O)c1ccc2c(c1)S(=O)(=O)N(C1CC1)C2=O)Nc1ccc(Br)cc1. The van der Waals surface area contributed by atoms with E-state index in [2.05, 4.69) is 26.6 Å². The van der Waals surface area contributed by atoms with Crippen LogP contribution in [-0.2, 0) is 14.8 Å². The minimum Gasteiger partial charge on any atom is -0.352 e. The van der Waals surface area contributed by atoms with Gasteiger partial charge in [0.15, 0.2) is 0 Å². The maximum absolute atomic E-state index is 12.7. The number of fused-ring (bicyclic) bond motifs is 1. The minimum absolute atomic E-state index is 0.0546. The molecule has 2 N–H and O–H groups in total. The lowest BCUT2D eigenvalue weighted by Crippen LogP contribution is -2.32. The molecule has 0 spiro atoms. The molecule has 156 valence electrons. The molecule has 0 radical (unpaired) electrons. The highest BCUT2D eigenvalue weighted by molar-refractivity contribution is 9.10. The van der Waals surface area contributed by atoms with E-state index >= 15 is 0 Å². The van der Waals surface area contributed by atoms with Crippen molar-refractivity contribution in [3.8, 4) is 0 Å². The second-order valence-corrected chi connectivity index (χ2v) is 9.81. The molecule has 0 aromatic heterocycles. The molecule has 30 heavy (non-hydrogen) atoms. The number of nitrogens with zero attached hydrogens (tertiary/aromatic N) is 1. The van der Waals surface area contributed by atoms with Crippen molar-refractivity contribution in [1.29, 1.82) is 0 Å². The first-order chi connectivity index (χ1) is 14.3.